The van der Waals surface area contributed by atoms with Crippen molar-refractivity contribution in [3.63, 3.8) is 0 Å². The van der Waals surface area contributed by atoms with E-state index in [2.05, 4.69) is 4.99 Å². The fourth-order valence-electron chi connectivity index (χ4n) is 1.56. The molecule has 1 heterocycles. The van der Waals surface area contributed by atoms with E-state index in [1.807, 2.05) is 13.0 Å². The zero-order valence-corrected chi connectivity index (χ0v) is 9.82. The summed E-state index contributed by atoms with van der Waals surface area (Å²) in [4.78, 5) is 14.7. The largest absolute Gasteiger partial charge is 0.467 e. The molecule has 5 heteroatoms. The van der Waals surface area contributed by atoms with E-state index in [0.29, 0.717) is 5.56 Å². The van der Waals surface area contributed by atoms with Crippen LogP contribution in [-0.2, 0) is 0 Å². The van der Waals surface area contributed by atoms with Gasteiger partial charge in [0.1, 0.15) is 11.8 Å². The molecular formula is C13H12N2O3. The second kappa shape index (κ2) is 5.27. The predicted molar refractivity (Wildman–Crippen MR) is 67.8 cm³/mol. The molecule has 1 atom stereocenters. The van der Waals surface area contributed by atoms with Crippen molar-refractivity contribution in [2.75, 3.05) is 0 Å². The van der Waals surface area contributed by atoms with Crippen LogP contribution in [-0.4, -0.2) is 11.1 Å². The van der Waals surface area contributed by atoms with Crippen LogP contribution in [0, 0.1) is 10.1 Å². The van der Waals surface area contributed by atoms with Gasteiger partial charge < -0.3 is 4.42 Å². The highest BCUT2D eigenvalue weighted by Crippen LogP contribution is 2.19. The van der Waals surface area contributed by atoms with Gasteiger partial charge in [-0.1, -0.05) is 12.1 Å². The van der Waals surface area contributed by atoms with Gasteiger partial charge in [-0.15, -0.1) is 0 Å². The van der Waals surface area contributed by atoms with E-state index in [1.54, 1.807) is 30.5 Å². The molecule has 1 aromatic heterocycles. The molecule has 0 aliphatic heterocycles. The van der Waals surface area contributed by atoms with Crippen LogP contribution < -0.4 is 0 Å². The van der Waals surface area contributed by atoms with Crippen LogP contribution in [0.2, 0.25) is 0 Å². The summed E-state index contributed by atoms with van der Waals surface area (Å²) in [5, 5.41) is 10.8. The van der Waals surface area contributed by atoms with Gasteiger partial charge in [0.2, 0.25) is 0 Å². The number of nitro benzene ring substituents is 1. The zero-order valence-electron chi connectivity index (χ0n) is 9.82. The van der Waals surface area contributed by atoms with Gasteiger partial charge in [-0.3, -0.25) is 15.1 Å². The number of nitrogens with zero attached hydrogens (tertiary/aromatic N) is 2. The number of hydrogen-bond acceptors (Lipinski definition) is 4. The molecule has 0 fully saturated rings. The van der Waals surface area contributed by atoms with Crippen molar-refractivity contribution in [3.8, 4) is 0 Å². The van der Waals surface area contributed by atoms with Crippen LogP contribution in [0.3, 0.4) is 0 Å². The molecule has 0 radical (unpaired) electrons. The Labute approximate surface area is 104 Å². The quantitative estimate of drug-likeness (QED) is 0.470. The molecule has 2 rings (SSSR count). The second-order valence-electron chi connectivity index (χ2n) is 3.79. The van der Waals surface area contributed by atoms with Crippen LogP contribution in [0.4, 0.5) is 5.69 Å². The molecule has 0 aliphatic carbocycles. The minimum absolute atomic E-state index is 0.0490. The molecule has 0 saturated heterocycles. The van der Waals surface area contributed by atoms with Crippen LogP contribution in [0.15, 0.2) is 52.1 Å². The molecule has 0 bridgehead atoms. The summed E-state index contributed by atoms with van der Waals surface area (Å²) in [7, 11) is 0. The van der Waals surface area contributed by atoms with E-state index in [-0.39, 0.29) is 11.7 Å². The molecular weight excluding hydrogens is 232 g/mol. The summed E-state index contributed by atoms with van der Waals surface area (Å²) < 4.78 is 5.21. The maximum atomic E-state index is 10.8. The average molecular weight is 244 g/mol. The smallest absolute Gasteiger partial charge is 0.278 e. The standard InChI is InChI=1S/C13H12N2O3/c1-10(13-7-4-8-18-13)14-9-11-5-2-3-6-12(11)15(16)17/h2-10H,1H3/t10-/m0/s1. The predicted octanol–water partition coefficient (Wildman–Crippen LogP) is 3.37. The molecule has 0 unspecified atom stereocenters. The van der Waals surface area contributed by atoms with E-state index in [1.165, 1.54) is 12.3 Å². The number of furan rings is 1. The Kier molecular flexibility index (Phi) is 3.52. The highest BCUT2D eigenvalue weighted by Gasteiger charge is 2.11. The fraction of sp³-hybridized carbons (Fsp3) is 0.154. The van der Waals surface area contributed by atoms with Crippen molar-refractivity contribution in [2.45, 2.75) is 13.0 Å². The van der Waals surface area contributed by atoms with Crippen molar-refractivity contribution < 1.29 is 9.34 Å². The lowest BCUT2D eigenvalue weighted by Gasteiger charge is -2.01. The molecule has 0 spiro atoms. The Morgan fingerprint density at radius 1 is 1.33 bits per heavy atom. The third kappa shape index (κ3) is 2.63. The molecule has 18 heavy (non-hydrogen) atoms. The number of benzene rings is 1. The lowest BCUT2D eigenvalue weighted by atomic mass is 10.2. The van der Waals surface area contributed by atoms with E-state index in [9.17, 15) is 10.1 Å². The number of aliphatic imine (C=N–C) groups is 1. The van der Waals surface area contributed by atoms with Crippen molar-refractivity contribution in [3.05, 3.63) is 64.1 Å². The van der Waals surface area contributed by atoms with Gasteiger partial charge in [0.15, 0.2) is 0 Å². The Balaban J connectivity index is 2.21. The Morgan fingerprint density at radius 3 is 2.78 bits per heavy atom. The van der Waals surface area contributed by atoms with Gasteiger partial charge in [-0.25, -0.2) is 0 Å². The van der Waals surface area contributed by atoms with Crippen molar-refractivity contribution in [2.24, 2.45) is 4.99 Å². The second-order valence-corrected chi connectivity index (χ2v) is 3.79. The topological polar surface area (TPSA) is 68.6 Å². The maximum absolute atomic E-state index is 10.8. The van der Waals surface area contributed by atoms with Crippen molar-refractivity contribution in [1.82, 2.24) is 0 Å². The zero-order chi connectivity index (χ0) is 13.0. The van der Waals surface area contributed by atoms with Crippen LogP contribution in [0.25, 0.3) is 0 Å². The van der Waals surface area contributed by atoms with Crippen LogP contribution in [0.1, 0.15) is 24.3 Å². The van der Waals surface area contributed by atoms with E-state index in [0.717, 1.165) is 5.76 Å². The van der Waals surface area contributed by atoms with E-state index in [4.69, 9.17) is 4.42 Å². The molecule has 1 aromatic carbocycles. The minimum atomic E-state index is -0.418. The first-order chi connectivity index (χ1) is 8.68. The molecule has 0 amide bonds. The van der Waals surface area contributed by atoms with Gasteiger partial charge in [0.05, 0.1) is 16.7 Å². The summed E-state index contributed by atoms with van der Waals surface area (Å²) >= 11 is 0. The Hall–Kier alpha value is -2.43. The Morgan fingerprint density at radius 2 is 2.11 bits per heavy atom. The van der Waals surface area contributed by atoms with E-state index < -0.39 is 4.92 Å². The first-order valence-electron chi connectivity index (χ1n) is 5.48. The van der Waals surface area contributed by atoms with Crippen LogP contribution in [0.5, 0.6) is 0 Å². The normalized spacial score (nSPS) is 12.7. The first kappa shape index (κ1) is 12.0. The summed E-state index contributed by atoms with van der Waals surface area (Å²) in [6.07, 6.45) is 3.08. The highest BCUT2D eigenvalue weighted by molar-refractivity contribution is 5.85. The lowest BCUT2D eigenvalue weighted by Crippen LogP contribution is -1.95. The molecule has 0 aliphatic rings. The van der Waals surface area contributed by atoms with Gasteiger partial charge >= 0.3 is 0 Å². The molecule has 2 aromatic rings. The van der Waals surface area contributed by atoms with Gasteiger partial charge in [-0.05, 0) is 25.1 Å². The fourth-order valence-corrected chi connectivity index (χ4v) is 1.56. The summed E-state index contributed by atoms with van der Waals surface area (Å²) in [5.74, 6) is 0.727. The van der Waals surface area contributed by atoms with Crippen LogP contribution >= 0.6 is 0 Å². The first-order valence-corrected chi connectivity index (χ1v) is 5.48. The lowest BCUT2D eigenvalue weighted by molar-refractivity contribution is -0.385. The van der Waals surface area contributed by atoms with Gasteiger partial charge in [0, 0.05) is 12.3 Å². The number of rotatable bonds is 4. The average Bonchev–Trinajstić information content (AvgIpc) is 2.90. The summed E-state index contributed by atoms with van der Waals surface area (Å²) in [6.45, 7) is 1.87. The van der Waals surface area contributed by atoms with E-state index >= 15 is 0 Å². The van der Waals surface area contributed by atoms with Crippen molar-refractivity contribution in [1.29, 1.82) is 0 Å². The molecule has 0 N–H and O–H groups in total. The molecule has 92 valence electrons. The van der Waals surface area contributed by atoms with Gasteiger partial charge in [-0.2, -0.15) is 0 Å². The summed E-state index contributed by atoms with van der Waals surface area (Å²) in [6, 6.07) is 9.93. The minimum Gasteiger partial charge on any atom is -0.467 e. The Bertz CT molecular complexity index is 561. The monoisotopic (exact) mass is 244 g/mol. The van der Waals surface area contributed by atoms with Crippen molar-refractivity contribution >= 4 is 11.9 Å². The number of nitro groups is 1. The SMILES string of the molecule is C[C@H](N=Cc1ccccc1[N+](=O)[O-])c1ccco1. The van der Waals surface area contributed by atoms with Gasteiger partial charge in [0.25, 0.3) is 5.69 Å². The maximum Gasteiger partial charge on any atom is 0.278 e. The molecule has 5 nitrogen and oxygen atoms in total. The molecule has 0 saturated carbocycles. The number of para-hydroxylation sites is 1. The third-order valence-electron chi connectivity index (χ3n) is 2.53. The number of hydrogen-bond donors (Lipinski definition) is 0. The summed E-state index contributed by atoms with van der Waals surface area (Å²) in [5.41, 5.74) is 0.536. The highest BCUT2D eigenvalue weighted by atomic mass is 16.6. The third-order valence-corrected chi connectivity index (χ3v) is 2.53.